The van der Waals surface area contributed by atoms with Crippen LogP contribution in [0.4, 0.5) is 4.39 Å². The lowest BCUT2D eigenvalue weighted by atomic mass is 10.1. The molecule has 0 aromatic heterocycles. The SMILES string of the molecule is COCC(CCO)NC(=O)c1ccc(C)c(F)c1. The van der Waals surface area contributed by atoms with E-state index >= 15 is 0 Å². The summed E-state index contributed by atoms with van der Waals surface area (Å²) < 4.78 is 18.3. The first-order valence-electron chi connectivity index (χ1n) is 5.75. The van der Waals surface area contributed by atoms with Gasteiger partial charge in [0.25, 0.3) is 5.91 Å². The lowest BCUT2D eigenvalue weighted by Crippen LogP contribution is -2.38. The van der Waals surface area contributed by atoms with Crippen LogP contribution in [0.1, 0.15) is 22.3 Å². The summed E-state index contributed by atoms with van der Waals surface area (Å²) in [5.74, 6) is -0.780. The molecule has 1 amide bonds. The highest BCUT2D eigenvalue weighted by atomic mass is 19.1. The van der Waals surface area contributed by atoms with Crippen molar-refractivity contribution in [2.24, 2.45) is 0 Å². The Balaban J connectivity index is 2.70. The lowest BCUT2D eigenvalue weighted by molar-refractivity contribution is 0.0878. The van der Waals surface area contributed by atoms with E-state index < -0.39 is 5.82 Å². The molecule has 0 aliphatic rings. The number of hydrogen-bond acceptors (Lipinski definition) is 3. The standard InChI is InChI=1S/C13H18FNO3/c1-9-3-4-10(7-12(9)14)13(17)15-11(5-6-16)8-18-2/h3-4,7,11,16H,5-6,8H2,1-2H3,(H,15,17). The van der Waals surface area contributed by atoms with Crippen molar-refractivity contribution in [2.75, 3.05) is 20.3 Å². The highest BCUT2D eigenvalue weighted by Crippen LogP contribution is 2.09. The molecule has 0 aliphatic carbocycles. The van der Waals surface area contributed by atoms with Gasteiger partial charge in [0.05, 0.1) is 12.6 Å². The summed E-state index contributed by atoms with van der Waals surface area (Å²) in [6.07, 6.45) is 0.397. The molecule has 100 valence electrons. The second-order valence-electron chi connectivity index (χ2n) is 4.10. The van der Waals surface area contributed by atoms with Crippen LogP contribution in [0.2, 0.25) is 0 Å². The zero-order valence-electron chi connectivity index (χ0n) is 10.6. The molecule has 0 spiro atoms. The van der Waals surface area contributed by atoms with Crippen LogP contribution in [0.15, 0.2) is 18.2 Å². The van der Waals surface area contributed by atoms with Gasteiger partial charge in [-0.05, 0) is 31.0 Å². The third kappa shape index (κ3) is 4.09. The molecule has 0 bridgehead atoms. The van der Waals surface area contributed by atoms with Gasteiger partial charge in [-0.2, -0.15) is 0 Å². The molecule has 1 rings (SSSR count). The van der Waals surface area contributed by atoms with E-state index in [1.807, 2.05) is 0 Å². The fraction of sp³-hybridized carbons (Fsp3) is 0.462. The van der Waals surface area contributed by atoms with E-state index in [0.29, 0.717) is 18.6 Å². The summed E-state index contributed by atoms with van der Waals surface area (Å²) in [7, 11) is 1.52. The Bertz CT molecular complexity index is 403. The van der Waals surface area contributed by atoms with Gasteiger partial charge in [0.15, 0.2) is 0 Å². The Labute approximate surface area is 106 Å². The van der Waals surface area contributed by atoms with Crippen LogP contribution >= 0.6 is 0 Å². The summed E-state index contributed by atoms with van der Waals surface area (Å²) in [5.41, 5.74) is 0.757. The van der Waals surface area contributed by atoms with Crippen LogP contribution in [0.3, 0.4) is 0 Å². The topological polar surface area (TPSA) is 58.6 Å². The highest BCUT2D eigenvalue weighted by molar-refractivity contribution is 5.94. The molecule has 0 saturated heterocycles. The number of carbonyl (C=O) groups is 1. The van der Waals surface area contributed by atoms with E-state index in [2.05, 4.69) is 5.32 Å². The number of carbonyl (C=O) groups excluding carboxylic acids is 1. The molecule has 1 unspecified atom stereocenters. The van der Waals surface area contributed by atoms with Crippen LogP contribution < -0.4 is 5.32 Å². The molecule has 1 aromatic rings. The Hall–Kier alpha value is -1.46. The molecular weight excluding hydrogens is 237 g/mol. The second-order valence-corrected chi connectivity index (χ2v) is 4.10. The number of aryl methyl sites for hydroxylation is 1. The number of methoxy groups -OCH3 is 1. The van der Waals surface area contributed by atoms with Crippen LogP contribution in [0, 0.1) is 12.7 Å². The van der Waals surface area contributed by atoms with Crippen molar-refractivity contribution in [3.8, 4) is 0 Å². The van der Waals surface area contributed by atoms with Crippen molar-refractivity contribution in [1.82, 2.24) is 5.32 Å². The number of amides is 1. The van der Waals surface area contributed by atoms with Crippen molar-refractivity contribution in [2.45, 2.75) is 19.4 Å². The Kier molecular flexibility index (Phi) is 5.74. The van der Waals surface area contributed by atoms with Crippen LogP contribution in [0.5, 0.6) is 0 Å². The molecule has 18 heavy (non-hydrogen) atoms. The van der Waals surface area contributed by atoms with E-state index in [-0.39, 0.29) is 24.1 Å². The smallest absolute Gasteiger partial charge is 0.251 e. The zero-order valence-corrected chi connectivity index (χ0v) is 10.6. The molecule has 1 atom stereocenters. The summed E-state index contributed by atoms with van der Waals surface area (Å²) in [4.78, 5) is 11.9. The second kappa shape index (κ2) is 7.08. The monoisotopic (exact) mass is 255 g/mol. The molecule has 1 aromatic carbocycles. The number of ether oxygens (including phenoxy) is 1. The van der Waals surface area contributed by atoms with Gasteiger partial charge in [0.1, 0.15) is 5.82 Å². The summed E-state index contributed by atoms with van der Waals surface area (Å²) in [6.45, 7) is 1.90. The maximum Gasteiger partial charge on any atom is 0.251 e. The maximum absolute atomic E-state index is 13.3. The minimum absolute atomic E-state index is 0.0451. The quantitative estimate of drug-likeness (QED) is 0.804. The lowest BCUT2D eigenvalue weighted by Gasteiger charge is -2.16. The molecule has 0 saturated carbocycles. The third-order valence-corrected chi connectivity index (χ3v) is 2.61. The predicted molar refractivity (Wildman–Crippen MR) is 66.0 cm³/mol. The van der Waals surface area contributed by atoms with E-state index in [1.54, 1.807) is 19.1 Å². The number of aliphatic hydroxyl groups excluding tert-OH is 1. The fourth-order valence-corrected chi connectivity index (χ4v) is 1.56. The third-order valence-electron chi connectivity index (χ3n) is 2.61. The van der Waals surface area contributed by atoms with Gasteiger partial charge in [0, 0.05) is 19.3 Å². The minimum atomic E-state index is -0.409. The van der Waals surface area contributed by atoms with Crippen molar-refractivity contribution < 1.29 is 19.0 Å². The molecule has 0 radical (unpaired) electrons. The number of hydrogen-bond donors (Lipinski definition) is 2. The van der Waals surface area contributed by atoms with Gasteiger partial charge in [-0.15, -0.1) is 0 Å². The van der Waals surface area contributed by atoms with Gasteiger partial charge in [-0.25, -0.2) is 4.39 Å². The number of benzene rings is 1. The van der Waals surface area contributed by atoms with E-state index in [9.17, 15) is 9.18 Å². The maximum atomic E-state index is 13.3. The van der Waals surface area contributed by atoms with E-state index in [0.717, 1.165) is 0 Å². The van der Waals surface area contributed by atoms with Gasteiger partial charge in [-0.1, -0.05) is 6.07 Å². The van der Waals surface area contributed by atoms with Gasteiger partial charge < -0.3 is 15.2 Å². The van der Waals surface area contributed by atoms with Gasteiger partial charge in [0.2, 0.25) is 0 Å². The first kappa shape index (κ1) is 14.6. The average molecular weight is 255 g/mol. The van der Waals surface area contributed by atoms with Crippen LogP contribution in [-0.2, 0) is 4.74 Å². The molecule has 0 heterocycles. The first-order chi connectivity index (χ1) is 8.58. The van der Waals surface area contributed by atoms with Crippen molar-refractivity contribution in [3.05, 3.63) is 35.1 Å². The van der Waals surface area contributed by atoms with E-state index in [1.165, 1.54) is 13.2 Å². The first-order valence-corrected chi connectivity index (χ1v) is 5.75. The largest absolute Gasteiger partial charge is 0.396 e. The van der Waals surface area contributed by atoms with Gasteiger partial charge in [-0.3, -0.25) is 4.79 Å². The van der Waals surface area contributed by atoms with Crippen molar-refractivity contribution in [3.63, 3.8) is 0 Å². The van der Waals surface area contributed by atoms with Crippen molar-refractivity contribution >= 4 is 5.91 Å². The molecule has 0 fully saturated rings. The molecule has 0 aliphatic heterocycles. The van der Waals surface area contributed by atoms with Crippen LogP contribution in [0.25, 0.3) is 0 Å². The Morgan fingerprint density at radius 2 is 2.28 bits per heavy atom. The fourth-order valence-electron chi connectivity index (χ4n) is 1.56. The van der Waals surface area contributed by atoms with Crippen LogP contribution in [-0.4, -0.2) is 37.4 Å². The Morgan fingerprint density at radius 1 is 1.56 bits per heavy atom. The van der Waals surface area contributed by atoms with E-state index in [4.69, 9.17) is 9.84 Å². The summed E-state index contributed by atoms with van der Waals surface area (Å²) in [6, 6.07) is 4.04. The number of aliphatic hydroxyl groups is 1. The molecule has 5 heteroatoms. The van der Waals surface area contributed by atoms with Gasteiger partial charge >= 0.3 is 0 Å². The number of nitrogens with one attached hydrogen (secondary N) is 1. The molecule has 4 nitrogen and oxygen atoms in total. The average Bonchev–Trinajstić information content (AvgIpc) is 2.33. The summed E-state index contributed by atoms with van der Waals surface area (Å²) >= 11 is 0. The molecule has 2 N–H and O–H groups in total. The summed E-state index contributed by atoms with van der Waals surface area (Å²) in [5, 5.41) is 11.6. The normalized spacial score (nSPS) is 12.2. The molecular formula is C13H18FNO3. The zero-order chi connectivity index (χ0) is 13.5. The minimum Gasteiger partial charge on any atom is -0.396 e. The number of halogens is 1. The highest BCUT2D eigenvalue weighted by Gasteiger charge is 2.14. The Morgan fingerprint density at radius 3 is 2.83 bits per heavy atom. The number of rotatable bonds is 6. The predicted octanol–water partition coefficient (Wildman–Crippen LogP) is 1.26. The van der Waals surface area contributed by atoms with Crippen molar-refractivity contribution in [1.29, 1.82) is 0 Å².